The summed E-state index contributed by atoms with van der Waals surface area (Å²) in [7, 11) is 1.68. The first kappa shape index (κ1) is 20.7. The van der Waals surface area contributed by atoms with Gasteiger partial charge >= 0.3 is 5.97 Å². The summed E-state index contributed by atoms with van der Waals surface area (Å²) in [4.78, 5) is 11.9. The van der Waals surface area contributed by atoms with E-state index < -0.39 is 0 Å². The van der Waals surface area contributed by atoms with E-state index >= 15 is 0 Å². The smallest absolute Gasteiger partial charge is 0.338 e. The second kappa shape index (κ2) is 10.5. The topological polar surface area (TPSA) is 59.6 Å². The molecule has 0 fully saturated rings. The molecule has 144 valence electrons. The van der Waals surface area contributed by atoms with Crippen LogP contribution in [0.15, 0.2) is 42.5 Å². The number of benzene rings is 2. The second-order valence-corrected chi connectivity index (χ2v) is 6.45. The minimum absolute atomic E-state index is 0.337. The molecule has 0 heterocycles. The lowest BCUT2D eigenvalue weighted by molar-refractivity contribution is 0.0526. The van der Waals surface area contributed by atoms with Crippen LogP contribution in [-0.4, -0.2) is 31.3 Å². The Hall–Kier alpha value is -2.60. The minimum Gasteiger partial charge on any atom is -0.496 e. The number of ether oxygens (including phenoxy) is 2. The van der Waals surface area contributed by atoms with E-state index in [9.17, 15) is 4.79 Å². The first-order valence-electron chi connectivity index (χ1n) is 8.99. The molecule has 2 rings (SSSR count). The highest BCUT2D eigenvalue weighted by molar-refractivity contribution is 7.80. The van der Waals surface area contributed by atoms with Crippen molar-refractivity contribution in [3.05, 3.63) is 59.2 Å². The summed E-state index contributed by atoms with van der Waals surface area (Å²) < 4.78 is 10.4. The van der Waals surface area contributed by atoms with Crippen molar-refractivity contribution < 1.29 is 14.3 Å². The Morgan fingerprint density at radius 3 is 2.70 bits per heavy atom. The Balaban J connectivity index is 1.85. The largest absolute Gasteiger partial charge is 0.496 e. The number of hydrogen-bond acceptors (Lipinski definition) is 4. The lowest BCUT2D eigenvalue weighted by Crippen LogP contribution is -2.29. The fourth-order valence-corrected chi connectivity index (χ4v) is 2.87. The number of esters is 1. The van der Waals surface area contributed by atoms with E-state index in [0.717, 1.165) is 36.4 Å². The number of aryl methyl sites for hydroxylation is 2. The molecular formula is C21H26N2O3S. The molecule has 0 amide bonds. The molecule has 0 atom stereocenters. The summed E-state index contributed by atoms with van der Waals surface area (Å²) in [5.41, 5.74) is 3.48. The molecule has 0 saturated heterocycles. The van der Waals surface area contributed by atoms with Gasteiger partial charge in [0.05, 0.1) is 19.3 Å². The van der Waals surface area contributed by atoms with Crippen LogP contribution in [-0.2, 0) is 11.2 Å². The van der Waals surface area contributed by atoms with Crippen LogP contribution in [0.4, 0.5) is 5.69 Å². The van der Waals surface area contributed by atoms with Crippen molar-refractivity contribution in [2.45, 2.75) is 26.7 Å². The molecule has 0 unspecified atom stereocenters. The summed E-state index contributed by atoms with van der Waals surface area (Å²) in [5, 5.41) is 6.89. The SMILES string of the molecule is CCOC(=O)c1ccc(C)c(NC(=S)NCCCc2ccccc2OC)c1. The Kier molecular flexibility index (Phi) is 8.07. The van der Waals surface area contributed by atoms with Gasteiger partial charge in [-0.3, -0.25) is 0 Å². The molecule has 0 aliphatic rings. The maximum atomic E-state index is 11.9. The number of methoxy groups -OCH3 is 1. The molecule has 0 bridgehead atoms. The van der Waals surface area contributed by atoms with Crippen LogP contribution in [0.2, 0.25) is 0 Å². The van der Waals surface area contributed by atoms with Gasteiger partial charge in [0.2, 0.25) is 0 Å². The second-order valence-electron chi connectivity index (χ2n) is 6.05. The molecule has 0 radical (unpaired) electrons. The highest BCUT2D eigenvalue weighted by atomic mass is 32.1. The molecule has 0 aliphatic heterocycles. The van der Waals surface area contributed by atoms with E-state index in [1.54, 1.807) is 26.2 Å². The average Bonchev–Trinajstić information content (AvgIpc) is 2.67. The molecule has 2 N–H and O–H groups in total. The maximum Gasteiger partial charge on any atom is 0.338 e. The zero-order valence-electron chi connectivity index (χ0n) is 16.0. The number of hydrogen-bond donors (Lipinski definition) is 2. The van der Waals surface area contributed by atoms with E-state index in [1.807, 2.05) is 31.2 Å². The van der Waals surface area contributed by atoms with Crippen molar-refractivity contribution in [2.24, 2.45) is 0 Å². The summed E-state index contributed by atoms with van der Waals surface area (Å²) in [6, 6.07) is 13.4. The molecule has 0 aliphatic carbocycles. The van der Waals surface area contributed by atoms with Gasteiger partial charge in [0.15, 0.2) is 5.11 Å². The number of anilines is 1. The van der Waals surface area contributed by atoms with Gasteiger partial charge in [0.25, 0.3) is 0 Å². The molecular weight excluding hydrogens is 360 g/mol. The zero-order valence-corrected chi connectivity index (χ0v) is 16.8. The third-order valence-electron chi connectivity index (χ3n) is 4.10. The highest BCUT2D eigenvalue weighted by Crippen LogP contribution is 2.19. The molecule has 0 saturated carbocycles. The first-order valence-corrected chi connectivity index (χ1v) is 9.40. The van der Waals surface area contributed by atoms with Crippen LogP contribution in [0, 0.1) is 6.92 Å². The van der Waals surface area contributed by atoms with Crippen LogP contribution in [0.1, 0.15) is 34.8 Å². The van der Waals surface area contributed by atoms with E-state index in [-0.39, 0.29) is 5.97 Å². The minimum atomic E-state index is -0.337. The fourth-order valence-electron chi connectivity index (χ4n) is 2.65. The lowest BCUT2D eigenvalue weighted by Gasteiger charge is -2.14. The summed E-state index contributed by atoms with van der Waals surface area (Å²) in [6.07, 6.45) is 1.82. The van der Waals surface area contributed by atoms with Crippen molar-refractivity contribution in [3.8, 4) is 5.75 Å². The van der Waals surface area contributed by atoms with Gasteiger partial charge in [-0.15, -0.1) is 0 Å². The van der Waals surface area contributed by atoms with Crippen molar-refractivity contribution in [1.82, 2.24) is 5.32 Å². The van der Waals surface area contributed by atoms with Gasteiger partial charge in [0, 0.05) is 12.2 Å². The van der Waals surface area contributed by atoms with Gasteiger partial charge in [-0.2, -0.15) is 0 Å². The van der Waals surface area contributed by atoms with Crippen LogP contribution < -0.4 is 15.4 Å². The Morgan fingerprint density at radius 1 is 1.19 bits per heavy atom. The third kappa shape index (κ3) is 6.25. The molecule has 2 aromatic rings. The van der Waals surface area contributed by atoms with Gasteiger partial charge in [-0.25, -0.2) is 4.79 Å². The van der Waals surface area contributed by atoms with Crippen LogP contribution in [0.5, 0.6) is 5.75 Å². The molecule has 27 heavy (non-hydrogen) atoms. The average molecular weight is 387 g/mol. The lowest BCUT2D eigenvalue weighted by atomic mass is 10.1. The quantitative estimate of drug-likeness (QED) is 0.405. The number of para-hydroxylation sites is 1. The third-order valence-corrected chi connectivity index (χ3v) is 4.34. The Morgan fingerprint density at radius 2 is 1.96 bits per heavy atom. The summed E-state index contributed by atoms with van der Waals surface area (Å²) >= 11 is 5.37. The predicted octanol–water partition coefficient (Wildman–Crippen LogP) is 4.10. The number of nitrogens with one attached hydrogen (secondary N) is 2. The Labute approximate surface area is 166 Å². The maximum absolute atomic E-state index is 11.9. The van der Waals surface area contributed by atoms with Crippen molar-refractivity contribution in [1.29, 1.82) is 0 Å². The molecule has 0 spiro atoms. The van der Waals surface area contributed by atoms with Gasteiger partial charge in [-0.05, 0) is 68.2 Å². The van der Waals surface area contributed by atoms with E-state index in [0.29, 0.717) is 17.3 Å². The zero-order chi connectivity index (χ0) is 19.6. The normalized spacial score (nSPS) is 10.2. The van der Waals surface area contributed by atoms with E-state index in [4.69, 9.17) is 21.7 Å². The molecule has 6 heteroatoms. The van der Waals surface area contributed by atoms with Crippen LogP contribution in [0.3, 0.4) is 0 Å². The Bertz CT molecular complexity index is 793. The van der Waals surface area contributed by atoms with Gasteiger partial charge in [0.1, 0.15) is 5.75 Å². The summed E-state index contributed by atoms with van der Waals surface area (Å²) in [5.74, 6) is 0.570. The predicted molar refractivity (Wildman–Crippen MR) is 113 cm³/mol. The number of carbonyl (C=O) groups is 1. The fraction of sp³-hybridized carbons (Fsp3) is 0.333. The van der Waals surface area contributed by atoms with Gasteiger partial charge < -0.3 is 20.1 Å². The highest BCUT2D eigenvalue weighted by Gasteiger charge is 2.10. The van der Waals surface area contributed by atoms with Crippen molar-refractivity contribution in [2.75, 3.05) is 25.6 Å². The molecule has 5 nitrogen and oxygen atoms in total. The monoisotopic (exact) mass is 386 g/mol. The van der Waals surface area contributed by atoms with E-state index in [2.05, 4.69) is 16.7 Å². The van der Waals surface area contributed by atoms with Gasteiger partial charge in [-0.1, -0.05) is 24.3 Å². The molecule has 2 aromatic carbocycles. The van der Waals surface area contributed by atoms with Crippen molar-refractivity contribution in [3.63, 3.8) is 0 Å². The van der Waals surface area contributed by atoms with Crippen LogP contribution in [0.25, 0.3) is 0 Å². The van der Waals surface area contributed by atoms with Crippen molar-refractivity contribution >= 4 is 29.0 Å². The first-order chi connectivity index (χ1) is 13.0. The number of thiocarbonyl (C=S) groups is 1. The summed E-state index contributed by atoms with van der Waals surface area (Å²) in [6.45, 7) is 4.83. The van der Waals surface area contributed by atoms with Crippen LogP contribution >= 0.6 is 12.2 Å². The number of rotatable bonds is 8. The van der Waals surface area contributed by atoms with E-state index in [1.165, 1.54) is 5.56 Å². The standard InChI is InChI=1S/C21H26N2O3S/c1-4-26-20(24)17-12-11-15(2)18(14-17)23-21(27)22-13-7-9-16-8-5-6-10-19(16)25-3/h5-6,8,10-12,14H,4,7,9,13H2,1-3H3,(H2,22,23,27). The molecule has 0 aromatic heterocycles. The number of carbonyl (C=O) groups excluding carboxylic acids is 1.